The molecule has 0 fully saturated rings. The summed E-state index contributed by atoms with van der Waals surface area (Å²) < 4.78 is 1.37. The molecule has 0 radical (unpaired) electrons. The second kappa shape index (κ2) is 7.52. The molecule has 0 unspecified atom stereocenters. The fourth-order valence-electron chi connectivity index (χ4n) is 1.94. The minimum absolute atomic E-state index is 0.313. The Labute approximate surface area is 127 Å². The first-order valence-electron chi connectivity index (χ1n) is 6.29. The van der Waals surface area contributed by atoms with E-state index in [0.29, 0.717) is 17.9 Å². The van der Waals surface area contributed by atoms with Gasteiger partial charge in [0.1, 0.15) is 0 Å². The molecule has 1 aromatic rings. The number of benzene rings is 1. The molecule has 1 nitrogen and oxygen atoms in total. The van der Waals surface area contributed by atoms with Gasteiger partial charge in [-0.3, -0.25) is 0 Å². The second-order valence-electron chi connectivity index (χ2n) is 4.08. The van der Waals surface area contributed by atoms with Crippen molar-refractivity contribution < 1.29 is 17.9 Å². The first-order chi connectivity index (χ1) is 8.80. The maximum absolute atomic E-state index is 4.59. The molecule has 0 saturated carbocycles. The van der Waals surface area contributed by atoms with E-state index in [2.05, 4.69) is 58.4 Å². The third-order valence-corrected chi connectivity index (χ3v) is 27.5. The van der Waals surface area contributed by atoms with Crippen molar-refractivity contribution in [3.8, 4) is 0 Å². The van der Waals surface area contributed by atoms with Gasteiger partial charge in [-0.1, -0.05) is 0 Å². The van der Waals surface area contributed by atoms with Gasteiger partial charge in [-0.2, -0.15) is 0 Å². The van der Waals surface area contributed by atoms with Gasteiger partial charge in [-0.15, -0.1) is 0 Å². The molecule has 1 aromatic carbocycles. The molecule has 0 aromatic heterocycles. The van der Waals surface area contributed by atoms with Gasteiger partial charge in [-0.25, -0.2) is 0 Å². The van der Waals surface area contributed by atoms with E-state index in [1.807, 2.05) is 11.8 Å². The average Bonchev–Trinajstić information content (AvgIpc) is 2.95. The first kappa shape index (κ1) is 15.2. The number of nitrogens with zero attached hydrogens (tertiary/aromatic N) is 1. The summed E-state index contributed by atoms with van der Waals surface area (Å²) in [6.45, 7) is 5.82. The van der Waals surface area contributed by atoms with E-state index in [-0.39, 0.29) is 0 Å². The Balaban J connectivity index is 2.11. The van der Waals surface area contributed by atoms with Crippen molar-refractivity contribution in [2.75, 3.05) is 24.6 Å². The standard InChI is InChI=1S/C10H15P.C3H5NS2.Au/c1-3-11(4-2)10-8-6-5-7-9-10;5-3-4-1-2-6-3;/h5-9H,3-4H2,1-2H3;1-2H2,(H,4,5);. The molecule has 0 aliphatic carbocycles. The number of rotatable bonds is 5. The van der Waals surface area contributed by atoms with Crippen molar-refractivity contribution >= 4 is 35.8 Å². The van der Waals surface area contributed by atoms with Crippen molar-refractivity contribution in [3.05, 3.63) is 30.3 Å². The molecule has 2 rings (SSSR count). The first-order valence-corrected chi connectivity index (χ1v) is 16.1. The summed E-state index contributed by atoms with van der Waals surface area (Å²) in [6.07, 6.45) is 2.75. The molecule has 1 heterocycles. The minimum atomic E-state index is -1.22. The van der Waals surface area contributed by atoms with Gasteiger partial charge in [0.15, 0.2) is 0 Å². The molecule has 0 spiro atoms. The summed E-state index contributed by atoms with van der Waals surface area (Å²) in [7, 11) is 2.11. The Morgan fingerprint density at radius 3 is 2.56 bits per heavy atom. The second-order valence-corrected chi connectivity index (χ2v) is 21.7. The van der Waals surface area contributed by atoms with E-state index in [4.69, 9.17) is 0 Å². The summed E-state index contributed by atoms with van der Waals surface area (Å²) in [5, 5.41) is 0.439. The summed E-state index contributed by atoms with van der Waals surface area (Å²) >= 11 is 2.27. The van der Waals surface area contributed by atoms with E-state index in [1.54, 1.807) is 5.30 Å². The number of hydrogen-bond acceptors (Lipinski definition) is 3. The zero-order chi connectivity index (χ0) is 12.8. The summed E-state index contributed by atoms with van der Waals surface area (Å²) in [6, 6.07) is 11.3. The van der Waals surface area contributed by atoms with Crippen molar-refractivity contribution in [2.24, 2.45) is 4.99 Å². The Kier molecular flexibility index (Phi) is 6.33. The zero-order valence-corrected chi connectivity index (χ0v) is 15.6. The zero-order valence-electron chi connectivity index (χ0n) is 10.8. The molecule has 0 saturated heterocycles. The van der Waals surface area contributed by atoms with Crippen LogP contribution in [0.2, 0.25) is 0 Å². The maximum atomic E-state index is 4.59. The van der Waals surface area contributed by atoms with Crippen LogP contribution in [0.4, 0.5) is 0 Å². The number of hydrogen-bond donors (Lipinski definition) is 0. The van der Waals surface area contributed by atoms with Gasteiger partial charge in [0, 0.05) is 0 Å². The molecule has 0 amide bonds. The fraction of sp³-hybridized carbons (Fsp3) is 0.462. The van der Waals surface area contributed by atoms with Crippen molar-refractivity contribution in [1.82, 2.24) is 0 Å². The van der Waals surface area contributed by atoms with E-state index in [0.717, 1.165) is 6.54 Å². The van der Waals surface area contributed by atoms with Crippen LogP contribution in [-0.2, 0) is 17.9 Å². The van der Waals surface area contributed by atoms with Crippen LogP contribution in [0.5, 0.6) is 0 Å². The molecular formula is C13H20AuNPS2. The van der Waals surface area contributed by atoms with Gasteiger partial charge in [0.05, 0.1) is 0 Å². The van der Waals surface area contributed by atoms with Gasteiger partial charge < -0.3 is 0 Å². The molecule has 5 heteroatoms. The average molecular weight is 482 g/mol. The molecule has 0 N–H and O–H groups in total. The van der Waals surface area contributed by atoms with Crippen LogP contribution in [-0.4, -0.2) is 29.0 Å². The summed E-state index contributed by atoms with van der Waals surface area (Å²) in [5.41, 5.74) is 0. The molecular weight excluding hydrogens is 462 g/mol. The van der Waals surface area contributed by atoms with E-state index in [1.165, 1.54) is 22.5 Å². The topological polar surface area (TPSA) is 12.4 Å². The SMILES string of the molecule is CC[PH](CC)([Au][S]C1=NCCS1)c1ccccc1. The Morgan fingerprint density at radius 2 is 2.00 bits per heavy atom. The van der Waals surface area contributed by atoms with Crippen LogP contribution < -0.4 is 5.30 Å². The van der Waals surface area contributed by atoms with Crippen LogP contribution in [0.1, 0.15) is 13.8 Å². The monoisotopic (exact) mass is 482 g/mol. The molecule has 0 bridgehead atoms. The number of thioether (sulfide) groups is 1. The van der Waals surface area contributed by atoms with Crippen molar-refractivity contribution in [2.45, 2.75) is 13.8 Å². The quantitative estimate of drug-likeness (QED) is 0.467. The van der Waals surface area contributed by atoms with Crippen molar-refractivity contribution in [3.63, 3.8) is 0 Å². The Hall–Kier alpha value is 0.760. The van der Waals surface area contributed by atoms with Gasteiger partial charge in [0.2, 0.25) is 0 Å². The Morgan fingerprint density at radius 1 is 1.28 bits per heavy atom. The van der Waals surface area contributed by atoms with Crippen LogP contribution >= 0.6 is 26.1 Å². The molecule has 1 aliphatic heterocycles. The molecule has 0 atom stereocenters. The van der Waals surface area contributed by atoms with Crippen LogP contribution in [0, 0.1) is 0 Å². The third-order valence-electron chi connectivity index (χ3n) is 3.09. The van der Waals surface area contributed by atoms with E-state index >= 15 is 0 Å². The van der Waals surface area contributed by atoms with Crippen LogP contribution in [0.25, 0.3) is 0 Å². The molecule has 105 valence electrons. The summed E-state index contributed by atoms with van der Waals surface area (Å²) in [4.78, 5) is 4.59. The molecule has 18 heavy (non-hydrogen) atoms. The summed E-state index contributed by atoms with van der Waals surface area (Å²) in [5.74, 6) is 1.20. The number of aliphatic imine (C=N–C) groups is 1. The van der Waals surface area contributed by atoms with Gasteiger partial charge in [-0.05, 0) is 0 Å². The predicted molar refractivity (Wildman–Crippen MR) is 87.8 cm³/mol. The van der Waals surface area contributed by atoms with Gasteiger partial charge >= 0.3 is 128 Å². The van der Waals surface area contributed by atoms with Gasteiger partial charge in [0.25, 0.3) is 0 Å². The van der Waals surface area contributed by atoms with Crippen LogP contribution in [0.3, 0.4) is 0 Å². The van der Waals surface area contributed by atoms with E-state index in [9.17, 15) is 0 Å². The van der Waals surface area contributed by atoms with Crippen LogP contribution in [0.15, 0.2) is 35.3 Å². The third kappa shape index (κ3) is 3.65. The van der Waals surface area contributed by atoms with E-state index < -0.39 is 5.15 Å². The fourth-order valence-corrected chi connectivity index (χ4v) is 24.7. The predicted octanol–water partition coefficient (Wildman–Crippen LogP) is 3.85. The molecule has 1 aliphatic rings. The normalized spacial score (nSPS) is 16.9. The Bertz CT molecular complexity index is 407. The van der Waals surface area contributed by atoms with Crippen molar-refractivity contribution in [1.29, 1.82) is 0 Å².